The van der Waals surface area contributed by atoms with Crippen LogP contribution in [0.1, 0.15) is 63.5 Å². The molecule has 0 saturated carbocycles. The largest absolute Gasteiger partial charge is 0.444 e. The lowest BCUT2D eigenvalue weighted by Gasteiger charge is -2.27. The predicted molar refractivity (Wildman–Crippen MR) is 116 cm³/mol. The van der Waals surface area contributed by atoms with Gasteiger partial charge in [0.2, 0.25) is 5.91 Å². The summed E-state index contributed by atoms with van der Waals surface area (Å²) < 4.78 is 5.43. The number of ether oxygens (including phenoxy) is 1. The fourth-order valence-corrected chi connectivity index (χ4v) is 2.82. The van der Waals surface area contributed by atoms with Gasteiger partial charge in [0.25, 0.3) is 0 Å². The van der Waals surface area contributed by atoms with E-state index in [2.05, 4.69) is 29.0 Å². The van der Waals surface area contributed by atoms with Gasteiger partial charge in [-0.1, -0.05) is 13.8 Å². The van der Waals surface area contributed by atoms with Gasteiger partial charge in [0, 0.05) is 18.3 Å². The zero-order valence-corrected chi connectivity index (χ0v) is 18.9. The number of hydrogen-bond donors (Lipinski definition) is 1. The summed E-state index contributed by atoms with van der Waals surface area (Å²) in [5.41, 5.74) is 0.285. The molecule has 0 radical (unpaired) electrons. The number of pyridine rings is 1. The van der Waals surface area contributed by atoms with E-state index in [0.29, 0.717) is 24.1 Å². The van der Waals surface area contributed by atoms with Crippen LogP contribution in [0.25, 0.3) is 0 Å². The number of unbranched alkanes of at least 4 members (excludes halogenated alkanes) is 1. The van der Waals surface area contributed by atoms with Crippen LogP contribution in [0.3, 0.4) is 0 Å². The van der Waals surface area contributed by atoms with E-state index in [-0.39, 0.29) is 19.0 Å². The standard InChI is InChI=1S/C22H36N4O4/c1-6-25(7-2)13-9-8-11-24-20(28)16-26(21(29)30-22(3,4)5)15-19-14-18(17-27)10-12-23-19/h10,12,14,17H,6-9,11,13,15-16H2,1-5H3,(H,24,28). The van der Waals surface area contributed by atoms with Crippen LogP contribution in [0.15, 0.2) is 18.3 Å². The second kappa shape index (κ2) is 13.0. The van der Waals surface area contributed by atoms with Crippen LogP contribution in [0.2, 0.25) is 0 Å². The molecule has 1 aromatic heterocycles. The molecule has 168 valence electrons. The van der Waals surface area contributed by atoms with E-state index < -0.39 is 11.7 Å². The number of nitrogens with one attached hydrogen (secondary N) is 1. The summed E-state index contributed by atoms with van der Waals surface area (Å²) in [7, 11) is 0. The Labute approximate surface area is 180 Å². The summed E-state index contributed by atoms with van der Waals surface area (Å²) in [5, 5.41) is 2.87. The van der Waals surface area contributed by atoms with Crippen molar-refractivity contribution in [3.63, 3.8) is 0 Å². The molecule has 30 heavy (non-hydrogen) atoms. The summed E-state index contributed by atoms with van der Waals surface area (Å²) in [5.74, 6) is -0.254. The number of carbonyl (C=O) groups excluding carboxylic acids is 3. The third-order valence-electron chi connectivity index (χ3n) is 4.43. The van der Waals surface area contributed by atoms with Gasteiger partial charge >= 0.3 is 6.09 Å². The minimum Gasteiger partial charge on any atom is -0.444 e. The van der Waals surface area contributed by atoms with Crippen LogP contribution in [-0.4, -0.2) is 71.4 Å². The van der Waals surface area contributed by atoms with Crippen molar-refractivity contribution in [2.45, 2.75) is 59.6 Å². The van der Waals surface area contributed by atoms with Crippen molar-refractivity contribution >= 4 is 18.3 Å². The summed E-state index contributed by atoms with van der Waals surface area (Å²) >= 11 is 0. The van der Waals surface area contributed by atoms with E-state index in [1.54, 1.807) is 32.9 Å². The number of nitrogens with zero attached hydrogens (tertiary/aromatic N) is 3. The molecule has 0 aliphatic heterocycles. The lowest BCUT2D eigenvalue weighted by atomic mass is 10.2. The van der Waals surface area contributed by atoms with Crippen molar-refractivity contribution in [1.29, 1.82) is 0 Å². The number of hydrogen-bond acceptors (Lipinski definition) is 6. The molecule has 0 atom stereocenters. The first-order chi connectivity index (χ1) is 14.2. The summed E-state index contributed by atoms with van der Waals surface area (Å²) in [4.78, 5) is 43.8. The van der Waals surface area contributed by atoms with Gasteiger partial charge in [-0.2, -0.15) is 0 Å². The molecule has 0 aliphatic rings. The number of aldehydes is 1. The first-order valence-electron chi connectivity index (χ1n) is 10.6. The summed E-state index contributed by atoms with van der Waals surface area (Å²) in [6.45, 7) is 13.1. The fourth-order valence-electron chi connectivity index (χ4n) is 2.82. The first-order valence-corrected chi connectivity index (χ1v) is 10.6. The van der Waals surface area contributed by atoms with Gasteiger partial charge in [-0.05, 0) is 65.4 Å². The van der Waals surface area contributed by atoms with E-state index in [1.807, 2.05) is 0 Å². The van der Waals surface area contributed by atoms with Crippen molar-refractivity contribution in [3.8, 4) is 0 Å². The van der Waals surface area contributed by atoms with Crippen LogP contribution < -0.4 is 5.32 Å². The van der Waals surface area contributed by atoms with Crippen molar-refractivity contribution in [3.05, 3.63) is 29.6 Å². The Morgan fingerprint density at radius 3 is 2.50 bits per heavy atom. The Kier molecular flexibility index (Phi) is 11.0. The van der Waals surface area contributed by atoms with Crippen LogP contribution in [0, 0.1) is 0 Å². The van der Waals surface area contributed by atoms with Crippen LogP contribution in [0.4, 0.5) is 4.79 Å². The molecule has 0 unspecified atom stereocenters. The molecule has 2 amide bonds. The number of rotatable bonds is 12. The molecule has 0 bridgehead atoms. The van der Waals surface area contributed by atoms with Crippen LogP contribution in [0.5, 0.6) is 0 Å². The molecule has 0 aliphatic carbocycles. The number of amides is 2. The lowest BCUT2D eigenvalue weighted by molar-refractivity contribution is -0.122. The Bertz CT molecular complexity index is 684. The van der Waals surface area contributed by atoms with Crippen molar-refractivity contribution < 1.29 is 19.1 Å². The number of aromatic nitrogens is 1. The minimum atomic E-state index is -0.686. The highest BCUT2D eigenvalue weighted by Crippen LogP contribution is 2.12. The smallest absolute Gasteiger partial charge is 0.411 e. The maximum Gasteiger partial charge on any atom is 0.411 e. The monoisotopic (exact) mass is 420 g/mol. The van der Waals surface area contributed by atoms with Crippen molar-refractivity contribution in [2.24, 2.45) is 0 Å². The van der Waals surface area contributed by atoms with E-state index in [0.717, 1.165) is 32.5 Å². The van der Waals surface area contributed by atoms with E-state index in [9.17, 15) is 14.4 Å². The van der Waals surface area contributed by atoms with Gasteiger partial charge in [-0.3, -0.25) is 19.5 Å². The highest BCUT2D eigenvalue weighted by atomic mass is 16.6. The van der Waals surface area contributed by atoms with Gasteiger partial charge in [-0.25, -0.2) is 4.79 Å². The van der Waals surface area contributed by atoms with Gasteiger partial charge in [-0.15, -0.1) is 0 Å². The van der Waals surface area contributed by atoms with Gasteiger partial charge in [0.15, 0.2) is 0 Å². The van der Waals surface area contributed by atoms with Crippen molar-refractivity contribution in [1.82, 2.24) is 20.1 Å². The van der Waals surface area contributed by atoms with Gasteiger partial charge in [0.1, 0.15) is 18.4 Å². The van der Waals surface area contributed by atoms with E-state index in [1.165, 1.54) is 11.1 Å². The molecule has 0 saturated heterocycles. The molecule has 0 spiro atoms. The van der Waals surface area contributed by atoms with Crippen LogP contribution >= 0.6 is 0 Å². The Morgan fingerprint density at radius 1 is 1.20 bits per heavy atom. The third kappa shape index (κ3) is 10.3. The molecule has 1 heterocycles. The lowest BCUT2D eigenvalue weighted by Crippen LogP contribution is -2.43. The maximum atomic E-state index is 12.6. The second-order valence-electron chi connectivity index (χ2n) is 8.12. The predicted octanol–water partition coefficient (Wildman–Crippen LogP) is 2.87. The number of carbonyl (C=O) groups is 3. The summed E-state index contributed by atoms with van der Waals surface area (Å²) in [6.07, 6.45) is 3.49. The van der Waals surface area contributed by atoms with E-state index >= 15 is 0 Å². The SMILES string of the molecule is CCN(CC)CCCCNC(=O)CN(Cc1cc(C=O)ccn1)C(=O)OC(C)(C)C. The molecule has 8 nitrogen and oxygen atoms in total. The average molecular weight is 421 g/mol. The fraction of sp³-hybridized carbons (Fsp3) is 0.636. The Morgan fingerprint density at radius 2 is 1.90 bits per heavy atom. The molecule has 0 fully saturated rings. The zero-order valence-electron chi connectivity index (χ0n) is 18.9. The van der Waals surface area contributed by atoms with Gasteiger partial charge < -0.3 is 15.0 Å². The molecular formula is C22H36N4O4. The minimum absolute atomic E-state index is 0.0754. The molecule has 1 rings (SSSR count). The van der Waals surface area contributed by atoms with E-state index in [4.69, 9.17) is 4.74 Å². The molecule has 8 heteroatoms. The normalized spacial score (nSPS) is 11.3. The summed E-state index contributed by atoms with van der Waals surface area (Å²) in [6, 6.07) is 3.18. The molecule has 1 aromatic rings. The highest BCUT2D eigenvalue weighted by molar-refractivity contribution is 5.82. The van der Waals surface area contributed by atoms with Crippen molar-refractivity contribution in [2.75, 3.05) is 32.7 Å². The first kappa shape index (κ1) is 25.6. The van der Waals surface area contributed by atoms with Gasteiger partial charge in [0.05, 0.1) is 12.2 Å². The highest BCUT2D eigenvalue weighted by Gasteiger charge is 2.24. The average Bonchev–Trinajstić information content (AvgIpc) is 2.69. The Balaban J connectivity index is 2.64. The molecule has 1 N–H and O–H groups in total. The topological polar surface area (TPSA) is 91.8 Å². The Hall–Kier alpha value is -2.48. The second-order valence-corrected chi connectivity index (χ2v) is 8.12. The third-order valence-corrected chi connectivity index (χ3v) is 4.43. The maximum absolute atomic E-state index is 12.6. The quantitative estimate of drug-likeness (QED) is 0.413. The van der Waals surface area contributed by atoms with Crippen LogP contribution in [-0.2, 0) is 16.1 Å². The zero-order chi connectivity index (χ0) is 22.6. The molecular weight excluding hydrogens is 384 g/mol. The molecule has 0 aromatic carbocycles.